The summed E-state index contributed by atoms with van der Waals surface area (Å²) < 4.78 is 32.5. The molecule has 0 bridgehead atoms. The van der Waals surface area contributed by atoms with Crippen LogP contribution in [0.15, 0.2) is 41.3 Å². The van der Waals surface area contributed by atoms with Gasteiger partial charge in [-0.1, -0.05) is 23.7 Å². The van der Waals surface area contributed by atoms with Gasteiger partial charge < -0.3 is 10.5 Å². The molecule has 0 fully saturated rings. The van der Waals surface area contributed by atoms with Crippen LogP contribution < -0.4 is 15.2 Å². The number of benzene rings is 2. The van der Waals surface area contributed by atoms with Crippen molar-refractivity contribution in [3.8, 4) is 5.75 Å². The summed E-state index contributed by atoms with van der Waals surface area (Å²) in [5, 5.41) is 0.270. The van der Waals surface area contributed by atoms with Gasteiger partial charge in [0.15, 0.2) is 0 Å². The smallest absolute Gasteiger partial charge is 0.264 e. The first-order valence-electron chi connectivity index (χ1n) is 6.06. The molecule has 0 radical (unpaired) electrons. The van der Waals surface area contributed by atoms with Gasteiger partial charge in [0, 0.05) is 6.07 Å². The number of hydrogen-bond acceptors (Lipinski definition) is 4. The van der Waals surface area contributed by atoms with Crippen molar-refractivity contribution in [2.45, 2.75) is 11.8 Å². The van der Waals surface area contributed by atoms with Crippen LogP contribution >= 0.6 is 11.6 Å². The number of sulfonamides is 1. The van der Waals surface area contributed by atoms with Crippen molar-refractivity contribution in [3.05, 3.63) is 47.0 Å². The first kappa shape index (κ1) is 15.5. The minimum absolute atomic E-state index is 0.0453. The molecule has 3 N–H and O–H groups in total. The van der Waals surface area contributed by atoms with E-state index in [9.17, 15) is 8.42 Å². The zero-order valence-electron chi connectivity index (χ0n) is 11.6. The molecule has 112 valence electrons. The van der Waals surface area contributed by atoms with Crippen molar-refractivity contribution < 1.29 is 13.2 Å². The van der Waals surface area contributed by atoms with Crippen molar-refractivity contribution in [1.29, 1.82) is 0 Å². The fraction of sp³-hybridized carbons (Fsp3) is 0.143. The van der Waals surface area contributed by atoms with Crippen molar-refractivity contribution in [2.75, 3.05) is 17.6 Å². The number of ether oxygens (including phenoxy) is 1. The van der Waals surface area contributed by atoms with Gasteiger partial charge in [0.05, 0.1) is 23.5 Å². The second kappa shape index (κ2) is 5.83. The Kier molecular flexibility index (Phi) is 4.29. The highest BCUT2D eigenvalue weighted by Crippen LogP contribution is 2.30. The fourth-order valence-corrected chi connectivity index (χ4v) is 3.60. The number of aryl methyl sites for hydroxylation is 1. The van der Waals surface area contributed by atoms with Gasteiger partial charge in [-0.05, 0) is 30.7 Å². The number of nitrogen functional groups attached to an aromatic ring is 1. The molecule has 0 amide bonds. The molecule has 2 aromatic carbocycles. The second-order valence-corrected chi connectivity index (χ2v) is 6.47. The Morgan fingerprint density at radius 3 is 2.57 bits per heavy atom. The van der Waals surface area contributed by atoms with Gasteiger partial charge in [-0.15, -0.1) is 0 Å². The fourth-order valence-electron chi connectivity index (χ4n) is 1.95. The molecular weight excluding hydrogens is 312 g/mol. The summed E-state index contributed by atoms with van der Waals surface area (Å²) in [7, 11) is -2.35. The molecule has 0 aliphatic rings. The molecule has 0 saturated heterocycles. The Morgan fingerprint density at radius 2 is 1.95 bits per heavy atom. The van der Waals surface area contributed by atoms with Crippen molar-refractivity contribution >= 4 is 33.0 Å². The third-order valence-electron chi connectivity index (χ3n) is 2.93. The lowest BCUT2D eigenvalue weighted by molar-refractivity contribution is 0.415. The van der Waals surface area contributed by atoms with E-state index in [2.05, 4.69) is 4.72 Å². The lowest BCUT2D eigenvalue weighted by Gasteiger charge is -2.14. The molecule has 0 atom stereocenters. The van der Waals surface area contributed by atoms with Crippen LogP contribution in [0.2, 0.25) is 5.02 Å². The Labute approximate surface area is 128 Å². The van der Waals surface area contributed by atoms with E-state index in [-0.39, 0.29) is 21.3 Å². The van der Waals surface area contributed by atoms with Crippen LogP contribution in [0.5, 0.6) is 5.75 Å². The first-order chi connectivity index (χ1) is 9.85. The number of halogens is 1. The topological polar surface area (TPSA) is 81.4 Å². The number of rotatable bonds is 4. The molecule has 0 unspecified atom stereocenters. The minimum atomic E-state index is -3.84. The van der Waals surface area contributed by atoms with E-state index < -0.39 is 10.0 Å². The lowest BCUT2D eigenvalue weighted by atomic mass is 10.2. The van der Waals surface area contributed by atoms with Gasteiger partial charge in [-0.2, -0.15) is 0 Å². The molecule has 0 saturated carbocycles. The van der Waals surface area contributed by atoms with Gasteiger partial charge in [0.1, 0.15) is 10.6 Å². The van der Waals surface area contributed by atoms with Crippen molar-refractivity contribution in [2.24, 2.45) is 0 Å². The van der Waals surface area contributed by atoms with Crippen LogP contribution in [0.1, 0.15) is 5.56 Å². The molecule has 0 aliphatic heterocycles. The van der Waals surface area contributed by atoms with Crippen LogP contribution in [0, 0.1) is 6.92 Å². The minimum Gasteiger partial charge on any atom is -0.497 e. The highest BCUT2D eigenvalue weighted by atomic mass is 35.5. The molecule has 2 rings (SSSR count). The number of hydrogen-bond donors (Lipinski definition) is 2. The molecule has 2 aromatic rings. The van der Waals surface area contributed by atoms with Gasteiger partial charge in [0.2, 0.25) is 0 Å². The standard InChI is InChI=1S/C14H15ClN2O3S/c1-9-4-3-5-12(16)14(9)21(18,19)17-13-8-10(20-2)6-7-11(13)15/h3-8,17H,16H2,1-2H3. The average molecular weight is 327 g/mol. The summed E-state index contributed by atoms with van der Waals surface area (Å²) in [5.74, 6) is 0.495. The highest BCUT2D eigenvalue weighted by molar-refractivity contribution is 7.93. The average Bonchev–Trinajstić information content (AvgIpc) is 2.40. The predicted octanol–water partition coefficient (Wildman–Crippen LogP) is 3.04. The molecule has 7 heteroatoms. The number of anilines is 2. The maximum Gasteiger partial charge on any atom is 0.264 e. The van der Waals surface area contributed by atoms with Crippen LogP contribution in [-0.4, -0.2) is 15.5 Å². The van der Waals surface area contributed by atoms with E-state index in [0.717, 1.165) is 0 Å². The molecule has 0 aliphatic carbocycles. The summed E-state index contributed by atoms with van der Waals surface area (Å²) in [6.07, 6.45) is 0. The zero-order valence-corrected chi connectivity index (χ0v) is 13.1. The van der Waals surface area contributed by atoms with Gasteiger partial charge in [-0.25, -0.2) is 8.42 Å². The summed E-state index contributed by atoms with van der Waals surface area (Å²) >= 11 is 6.01. The Morgan fingerprint density at radius 1 is 1.24 bits per heavy atom. The van der Waals surface area contributed by atoms with E-state index in [1.165, 1.54) is 19.2 Å². The van der Waals surface area contributed by atoms with E-state index in [1.807, 2.05) is 0 Å². The SMILES string of the molecule is COc1ccc(Cl)c(NS(=O)(=O)c2c(C)cccc2N)c1. The van der Waals surface area contributed by atoms with Crippen molar-refractivity contribution in [3.63, 3.8) is 0 Å². The third-order valence-corrected chi connectivity index (χ3v) is 4.84. The Bertz CT molecular complexity index is 756. The second-order valence-electron chi connectivity index (χ2n) is 4.44. The summed E-state index contributed by atoms with van der Waals surface area (Å²) in [6.45, 7) is 1.68. The predicted molar refractivity (Wildman–Crippen MR) is 84.4 cm³/mol. The molecular formula is C14H15ClN2O3S. The molecule has 0 aromatic heterocycles. The molecule has 21 heavy (non-hydrogen) atoms. The Balaban J connectivity index is 2.47. The van der Waals surface area contributed by atoms with Gasteiger partial charge >= 0.3 is 0 Å². The van der Waals surface area contributed by atoms with E-state index in [0.29, 0.717) is 11.3 Å². The first-order valence-corrected chi connectivity index (χ1v) is 7.92. The highest BCUT2D eigenvalue weighted by Gasteiger charge is 2.21. The van der Waals surface area contributed by atoms with Crippen LogP contribution in [0.3, 0.4) is 0 Å². The summed E-state index contributed by atoms with van der Waals surface area (Å²) in [6, 6.07) is 9.62. The summed E-state index contributed by atoms with van der Waals surface area (Å²) in [4.78, 5) is 0.0453. The Hall–Kier alpha value is -1.92. The van der Waals surface area contributed by atoms with E-state index in [4.69, 9.17) is 22.1 Å². The van der Waals surface area contributed by atoms with Gasteiger partial charge in [-0.3, -0.25) is 4.72 Å². The van der Waals surface area contributed by atoms with E-state index in [1.54, 1.807) is 31.2 Å². The molecule has 0 heterocycles. The third kappa shape index (κ3) is 3.22. The lowest BCUT2D eigenvalue weighted by Crippen LogP contribution is -2.16. The van der Waals surface area contributed by atoms with Crippen LogP contribution in [0.25, 0.3) is 0 Å². The van der Waals surface area contributed by atoms with Crippen LogP contribution in [0.4, 0.5) is 11.4 Å². The number of methoxy groups -OCH3 is 1. The largest absolute Gasteiger partial charge is 0.497 e. The summed E-state index contributed by atoms with van der Waals surface area (Å²) in [5.41, 5.74) is 6.75. The molecule has 0 spiro atoms. The quantitative estimate of drug-likeness (QED) is 0.846. The molecule has 5 nitrogen and oxygen atoms in total. The van der Waals surface area contributed by atoms with Crippen molar-refractivity contribution in [1.82, 2.24) is 0 Å². The maximum absolute atomic E-state index is 12.5. The van der Waals surface area contributed by atoms with Crippen LogP contribution in [-0.2, 0) is 10.0 Å². The number of nitrogens with one attached hydrogen (secondary N) is 1. The zero-order chi connectivity index (χ0) is 15.6. The maximum atomic E-state index is 12.5. The monoisotopic (exact) mass is 326 g/mol. The number of nitrogens with two attached hydrogens (primary N) is 1. The normalized spacial score (nSPS) is 11.2. The van der Waals surface area contributed by atoms with Gasteiger partial charge in [0.25, 0.3) is 10.0 Å². The van der Waals surface area contributed by atoms with E-state index >= 15 is 0 Å².